The Morgan fingerprint density at radius 2 is 1.70 bits per heavy atom. The molecule has 1 aromatic heterocycles. The molecule has 30 heavy (non-hydrogen) atoms. The van der Waals surface area contributed by atoms with Crippen LogP contribution in [0.3, 0.4) is 0 Å². The highest BCUT2D eigenvalue weighted by Crippen LogP contribution is 2.18. The SMILES string of the molecule is CN=C(NCCOc1ccc(OC)cc1)NCc1c(C)nn(-c2ccccc2)c1C. The zero-order valence-electron chi connectivity index (χ0n) is 18.0. The Morgan fingerprint density at radius 1 is 1.00 bits per heavy atom. The number of aliphatic imine (C=N–C) groups is 1. The molecule has 0 amide bonds. The van der Waals surface area contributed by atoms with Gasteiger partial charge in [0.25, 0.3) is 0 Å². The predicted molar refractivity (Wildman–Crippen MR) is 120 cm³/mol. The number of aryl methyl sites for hydroxylation is 1. The van der Waals surface area contributed by atoms with Gasteiger partial charge < -0.3 is 20.1 Å². The van der Waals surface area contributed by atoms with E-state index >= 15 is 0 Å². The van der Waals surface area contributed by atoms with E-state index in [0.29, 0.717) is 19.7 Å². The summed E-state index contributed by atoms with van der Waals surface area (Å²) in [5.41, 5.74) is 4.34. The normalized spacial score (nSPS) is 11.3. The van der Waals surface area contributed by atoms with Crippen LogP contribution in [-0.2, 0) is 6.54 Å². The van der Waals surface area contributed by atoms with Gasteiger partial charge in [0.1, 0.15) is 18.1 Å². The van der Waals surface area contributed by atoms with Gasteiger partial charge >= 0.3 is 0 Å². The van der Waals surface area contributed by atoms with Crippen molar-refractivity contribution in [1.29, 1.82) is 0 Å². The van der Waals surface area contributed by atoms with Crippen molar-refractivity contribution in [3.05, 3.63) is 71.5 Å². The van der Waals surface area contributed by atoms with Gasteiger partial charge in [0.15, 0.2) is 5.96 Å². The molecule has 0 aliphatic carbocycles. The molecular weight excluding hydrogens is 378 g/mol. The molecule has 3 aromatic rings. The van der Waals surface area contributed by atoms with Gasteiger partial charge in [-0.05, 0) is 50.2 Å². The number of methoxy groups -OCH3 is 1. The van der Waals surface area contributed by atoms with E-state index in [2.05, 4.69) is 34.7 Å². The predicted octanol–water partition coefficient (Wildman–Crippen LogP) is 3.24. The number of aromatic nitrogens is 2. The number of ether oxygens (including phenoxy) is 2. The van der Waals surface area contributed by atoms with E-state index in [1.807, 2.05) is 54.1 Å². The second-order valence-corrected chi connectivity index (χ2v) is 6.77. The molecule has 0 spiro atoms. The first-order chi connectivity index (χ1) is 14.6. The van der Waals surface area contributed by atoms with Crippen LogP contribution in [0, 0.1) is 13.8 Å². The zero-order valence-corrected chi connectivity index (χ0v) is 18.0. The molecule has 2 aromatic carbocycles. The molecule has 0 radical (unpaired) electrons. The van der Waals surface area contributed by atoms with Crippen LogP contribution in [0.15, 0.2) is 59.6 Å². The molecule has 7 nitrogen and oxygen atoms in total. The Labute approximate surface area is 177 Å². The molecule has 0 aliphatic rings. The topological polar surface area (TPSA) is 72.7 Å². The average Bonchev–Trinajstić information content (AvgIpc) is 3.07. The first kappa shape index (κ1) is 21.2. The molecule has 0 unspecified atom stereocenters. The average molecular weight is 408 g/mol. The van der Waals surface area contributed by atoms with Crippen molar-refractivity contribution >= 4 is 5.96 Å². The molecule has 0 saturated heterocycles. The zero-order chi connectivity index (χ0) is 21.3. The minimum absolute atomic E-state index is 0.525. The standard InChI is InChI=1S/C23H29N5O2/c1-17-22(18(2)28(27-17)19-8-6-5-7-9-19)16-26-23(24-3)25-14-15-30-21-12-10-20(29-4)11-13-21/h5-13H,14-16H2,1-4H3,(H2,24,25,26). The summed E-state index contributed by atoms with van der Waals surface area (Å²) < 4.78 is 12.9. The van der Waals surface area contributed by atoms with Crippen molar-refractivity contribution in [2.45, 2.75) is 20.4 Å². The maximum Gasteiger partial charge on any atom is 0.191 e. The van der Waals surface area contributed by atoms with Gasteiger partial charge in [-0.1, -0.05) is 18.2 Å². The summed E-state index contributed by atoms with van der Waals surface area (Å²) in [7, 11) is 3.40. The van der Waals surface area contributed by atoms with Gasteiger partial charge in [-0.3, -0.25) is 4.99 Å². The molecule has 158 valence electrons. The van der Waals surface area contributed by atoms with Crippen molar-refractivity contribution in [2.75, 3.05) is 27.3 Å². The summed E-state index contributed by atoms with van der Waals surface area (Å²) in [6.45, 7) is 5.92. The van der Waals surface area contributed by atoms with Gasteiger partial charge in [-0.25, -0.2) is 4.68 Å². The van der Waals surface area contributed by atoms with E-state index < -0.39 is 0 Å². The Hall–Kier alpha value is -3.48. The number of nitrogens with zero attached hydrogens (tertiary/aromatic N) is 3. The molecule has 7 heteroatoms. The summed E-state index contributed by atoms with van der Waals surface area (Å²) in [5.74, 6) is 2.34. The fourth-order valence-corrected chi connectivity index (χ4v) is 3.15. The van der Waals surface area contributed by atoms with Gasteiger partial charge in [0, 0.05) is 24.8 Å². The van der Waals surface area contributed by atoms with Crippen molar-refractivity contribution in [3.8, 4) is 17.2 Å². The van der Waals surface area contributed by atoms with Crippen LogP contribution >= 0.6 is 0 Å². The molecule has 3 rings (SSSR count). The lowest BCUT2D eigenvalue weighted by atomic mass is 10.2. The summed E-state index contributed by atoms with van der Waals surface area (Å²) in [5, 5.41) is 11.3. The van der Waals surface area contributed by atoms with Crippen molar-refractivity contribution in [1.82, 2.24) is 20.4 Å². The molecule has 0 fully saturated rings. The van der Waals surface area contributed by atoms with Crippen LogP contribution in [0.25, 0.3) is 5.69 Å². The second kappa shape index (κ2) is 10.3. The van der Waals surface area contributed by atoms with Gasteiger partial charge in [0.05, 0.1) is 25.0 Å². The number of rotatable bonds is 8. The molecule has 0 atom stereocenters. The van der Waals surface area contributed by atoms with Gasteiger partial charge in [0.2, 0.25) is 0 Å². The smallest absolute Gasteiger partial charge is 0.191 e. The molecule has 1 heterocycles. The summed E-state index contributed by atoms with van der Waals surface area (Å²) in [6.07, 6.45) is 0. The number of para-hydroxylation sites is 1. The lowest BCUT2D eigenvalue weighted by Crippen LogP contribution is -2.39. The third kappa shape index (κ3) is 5.31. The maximum absolute atomic E-state index is 5.74. The van der Waals surface area contributed by atoms with Crippen LogP contribution in [-0.4, -0.2) is 43.0 Å². The highest BCUT2D eigenvalue weighted by atomic mass is 16.5. The first-order valence-electron chi connectivity index (χ1n) is 9.94. The number of guanidine groups is 1. The highest BCUT2D eigenvalue weighted by Gasteiger charge is 2.13. The van der Waals surface area contributed by atoms with E-state index in [1.165, 1.54) is 0 Å². The fourth-order valence-electron chi connectivity index (χ4n) is 3.15. The largest absolute Gasteiger partial charge is 0.497 e. The number of benzene rings is 2. The van der Waals surface area contributed by atoms with E-state index in [4.69, 9.17) is 14.6 Å². The second-order valence-electron chi connectivity index (χ2n) is 6.77. The Bertz CT molecular complexity index is 965. The Morgan fingerprint density at radius 3 is 2.37 bits per heavy atom. The van der Waals surface area contributed by atoms with E-state index in [-0.39, 0.29) is 0 Å². The van der Waals surface area contributed by atoms with Crippen LogP contribution in [0.2, 0.25) is 0 Å². The monoisotopic (exact) mass is 407 g/mol. The van der Waals surface area contributed by atoms with Crippen molar-refractivity contribution in [3.63, 3.8) is 0 Å². The minimum Gasteiger partial charge on any atom is -0.497 e. The molecular formula is C23H29N5O2. The quantitative estimate of drug-likeness (QED) is 0.341. The van der Waals surface area contributed by atoms with Crippen molar-refractivity contribution in [2.24, 2.45) is 4.99 Å². The molecule has 0 aliphatic heterocycles. The van der Waals surface area contributed by atoms with Crippen LogP contribution < -0.4 is 20.1 Å². The Balaban J connectivity index is 1.50. The third-order valence-electron chi connectivity index (χ3n) is 4.82. The fraction of sp³-hybridized carbons (Fsp3) is 0.304. The molecule has 0 bridgehead atoms. The van der Waals surface area contributed by atoms with Crippen LogP contribution in [0.1, 0.15) is 17.0 Å². The van der Waals surface area contributed by atoms with Crippen LogP contribution in [0.5, 0.6) is 11.5 Å². The third-order valence-corrected chi connectivity index (χ3v) is 4.82. The highest BCUT2D eigenvalue weighted by molar-refractivity contribution is 5.79. The van der Waals surface area contributed by atoms with E-state index in [0.717, 1.165) is 40.1 Å². The van der Waals surface area contributed by atoms with E-state index in [9.17, 15) is 0 Å². The van der Waals surface area contributed by atoms with Crippen molar-refractivity contribution < 1.29 is 9.47 Å². The first-order valence-corrected chi connectivity index (χ1v) is 9.94. The number of nitrogens with one attached hydrogen (secondary N) is 2. The lowest BCUT2D eigenvalue weighted by Gasteiger charge is -2.13. The minimum atomic E-state index is 0.525. The molecule has 0 saturated carbocycles. The maximum atomic E-state index is 5.74. The van der Waals surface area contributed by atoms with Gasteiger partial charge in [-0.2, -0.15) is 5.10 Å². The van der Waals surface area contributed by atoms with E-state index in [1.54, 1.807) is 14.2 Å². The number of hydrogen-bond acceptors (Lipinski definition) is 4. The lowest BCUT2D eigenvalue weighted by molar-refractivity contribution is 0.321. The van der Waals surface area contributed by atoms with Gasteiger partial charge in [-0.15, -0.1) is 0 Å². The Kier molecular flexibility index (Phi) is 7.32. The van der Waals surface area contributed by atoms with Crippen LogP contribution in [0.4, 0.5) is 0 Å². The summed E-state index contributed by atoms with van der Waals surface area (Å²) >= 11 is 0. The summed E-state index contributed by atoms with van der Waals surface area (Å²) in [6, 6.07) is 17.7. The number of hydrogen-bond donors (Lipinski definition) is 2. The summed E-state index contributed by atoms with van der Waals surface area (Å²) in [4.78, 5) is 4.29. The molecule has 2 N–H and O–H groups in total.